The minimum Gasteiger partial charge on any atom is -0.497 e. The third-order valence-corrected chi connectivity index (χ3v) is 5.67. The van der Waals surface area contributed by atoms with Gasteiger partial charge in [-0.05, 0) is 45.0 Å². The monoisotopic (exact) mass is 525 g/mol. The number of nitrogens with zero attached hydrogens (tertiary/aromatic N) is 3. The van der Waals surface area contributed by atoms with Gasteiger partial charge in [0, 0.05) is 25.7 Å². The number of amides is 2. The predicted octanol–water partition coefficient (Wildman–Crippen LogP) is 3.71. The maximum Gasteiger partial charge on any atom is 0.410 e. The largest absolute Gasteiger partial charge is 0.497 e. The van der Waals surface area contributed by atoms with Crippen molar-refractivity contribution in [3.8, 4) is 17.2 Å². The summed E-state index contributed by atoms with van der Waals surface area (Å²) in [5.41, 5.74) is -0.247. The van der Waals surface area contributed by atoms with E-state index >= 15 is 0 Å². The van der Waals surface area contributed by atoms with Gasteiger partial charge in [0.2, 0.25) is 5.84 Å². The number of hydrogen-bond acceptors (Lipinski definition) is 9. The highest BCUT2D eigenvalue weighted by atomic mass is 16.6. The lowest BCUT2D eigenvalue weighted by Gasteiger charge is -2.32. The van der Waals surface area contributed by atoms with Crippen LogP contribution >= 0.6 is 0 Å². The van der Waals surface area contributed by atoms with E-state index in [1.54, 1.807) is 46.0 Å². The number of quaternary nitrogens is 1. The van der Waals surface area contributed by atoms with Gasteiger partial charge in [-0.1, -0.05) is 6.07 Å². The van der Waals surface area contributed by atoms with E-state index in [9.17, 15) is 19.5 Å². The number of carbonyl (C=O) groups is 3. The van der Waals surface area contributed by atoms with E-state index in [0.717, 1.165) is 0 Å². The Labute approximate surface area is 221 Å². The van der Waals surface area contributed by atoms with Crippen LogP contribution in [0.1, 0.15) is 37.6 Å². The van der Waals surface area contributed by atoms with Crippen LogP contribution in [-0.4, -0.2) is 62.3 Å². The number of carboxylic acid groups (broad SMARTS) is 1. The van der Waals surface area contributed by atoms with E-state index in [2.05, 4.69) is 4.99 Å². The first kappa shape index (κ1) is 28.2. The summed E-state index contributed by atoms with van der Waals surface area (Å²) in [4.78, 5) is 43.1. The summed E-state index contributed by atoms with van der Waals surface area (Å²) >= 11 is 0. The fourth-order valence-corrected chi connectivity index (χ4v) is 3.80. The van der Waals surface area contributed by atoms with Crippen LogP contribution in [0.2, 0.25) is 0 Å². The van der Waals surface area contributed by atoms with Gasteiger partial charge >= 0.3 is 12.1 Å². The number of ether oxygens (including phenoxy) is 4. The zero-order valence-electron chi connectivity index (χ0n) is 22.2. The van der Waals surface area contributed by atoms with Crippen molar-refractivity contribution in [3.05, 3.63) is 60.4 Å². The summed E-state index contributed by atoms with van der Waals surface area (Å²) < 4.78 is 20.6. The Morgan fingerprint density at radius 1 is 1.00 bits per heavy atom. The van der Waals surface area contributed by atoms with Gasteiger partial charge in [0.05, 0.1) is 26.8 Å². The highest BCUT2D eigenvalue weighted by Crippen LogP contribution is 2.33. The van der Waals surface area contributed by atoms with E-state index in [-0.39, 0.29) is 41.6 Å². The van der Waals surface area contributed by atoms with E-state index in [0.29, 0.717) is 5.69 Å². The number of hydrogen-bond donors (Lipinski definition) is 0. The molecule has 0 saturated carbocycles. The first-order chi connectivity index (χ1) is 17.9. The van der Waals surface area contributed by atoms with Crippen LogP contribution in [0, 0.1) is 0 Å². The summed E-state index contributed by atoms with van der Waals surface area (Å²) in [5, 5.41) is 12.4. The van der Waals surface area contributed by atoms with Crippen LogP contribution in [-0.2, 0) is 4.74 Å². The summed E-state index contributed by atoms with van der Waals surface area (Å²) in [6.45, 7) is 5.44. The second-order valence-electron chi connectivity index (χ2n) is 9.40. The lowest BCUT2D eigenvalue weighted by Crippen LogP contribution is -2.59. The van der Waals surface area contributed by atoms with E-state index in [1.165, 1.54) is 55.8 Å². The van der Waals surface area contributed by atoms with Crippen LogP contribution in [0.25, 0.3) is 0 Å². The molecule has 1 heterocycles. The second kappa shape index (κ2) is 11.3. The average molecular weight is 526 g/mol. The van der Waals surface area contributed by atoms with Crippen molar-refractivity contribution in [1.29, 1.82) is 0 Å². The molecule has 0 fully saturated rings. The topological polar surface area (TPSA) is 127 Å². The molecule has 0 N–H and O–H groups in total. The molecule has 3 rings (SSSR count). The van der Waals surface area contributed by atoms with Gasteiger partial charge in [-0.25, -0.2) is 14.6 Å². The van der Waals surface area contributed by atoms with Crippen LogP contribution < -0.4 is 23.8 Å². The number of aliphatic imine (C=N–C) groups is 1. The van der Waals surface area contributed by atoms with E-state index in [1.807, 2.05) is 0 Å². The van der Waals surface area contributed by atoms with Gasteiger partial charge < -0.3 is 33.7 Å². The van der Waals surface area contributed by atoms with Crippen LogP contribution in [0.3, 0.4) is 0 Å². The molecule has 0 spiro atoms. The fourth-order valence-electron chi connectivity index (χ4n) is 3.80. The SMILES string of the molecule is COc1cccc(OC)c1C(=O)Oc1ccc([N+]2(C(=O)[O-])C=CN=C2CCN(C)C(=O)OC(C)(C)C)cc1. The van der Waals surface area contributed by atoms with E-state index < -0.39 is 28.2 Å². The molecule has 202 valence electrons. The maximum absolute atomic E-state index is 12.9. The fraction of sp³-hybridized carbons (Fsp3) is 0.333. The molecule has 0 radical (unpaired) electrons. The molecule has 1 aliphatic rings. The number of benzene rings is 2. The highest BCUT2D eigenvalue weighted by molar-refractivity contribution is 6.10. The lowest BCUT2D eigenvalue weighted by molar-refractivity contribution is -0.257. The minimum absolute atomic E-state index is 0.116. The number of amidine groups is 1. The van der Waals surface area contributed by atoms with Crippen molar-refractivity contribution in [2.45, 2.75) is 32.8 Å². The second-order valence-corrected chi connectivity index (χ2v) is 9.40. The molecule has 1 aliphatic heterocycles. The smallest absolute Gasteiger partial charge is 0.410 e. The minimum atomic E-state index is -1.43. The Kier molecular flexibility index (Phi) is 8.42. The predicted molar refractivity (Wildman–Crippen MR) is 138 cm³/mol. The van der Waals surface area contributed by atoms with Crippen LogP contribution in [0.4, 0.5) is 15.3 Å². The summed E-state index contributed by atoms with van der Waals surface area (Å²) in [6.07, 6.45) is 0.926. The molecule has 11 heteroatoms. The summed E-state index contributed by atoms with van der Waals surface area (Å²) in [5.74, 6) is 0.279. The number of rotatable bonds is 8. The summed E-state index contributed by atoms with van der Waals surface area (Å²) in [7, 11) is 4.42. The van der Waals surface area contributed by atoms with Crippen molar-refractivity contribution in [3.63, 3.8) is 0 Å². The molecule has 2 aromatic carbocycles. The normalized spacial score (nSPS) is 16.4. The van der Waals surface area contributed by atoms with Crippen molar-refractivity contribution in [2.75, 3.05) is 27.8 Å². The molecule has 0 aliphatic carbocycles. The van der Waals surface area contributed by atoms with Crippen LogP contribution in [0.15, 0.2) is 59.9 Å². The Hall–Kier alpha value is -4.38. The van der Waals surface area contributed by atoms with Gasteiger partial charge in [0.25, 0.3) is 6.09 Å². The molecule has 1 atom stereocenters. The molecule has 0 aromatic heterocycles. The van der Waals surface area contributed by atoms with Gasteiger partial charge in [-0.2, -0.15) is 4.48 Å². The average Bonchev–Trinajstić information content (AvgIpc) is 3.31. The van der Waals surface area contributed by atoms with Gasteiger partial charge in [-0.15, -0.1) is 0 Å². The van der Waals surface area contributed by atoms with Crippen LogP contribution in [0.5, 0.6) is 17.2 Å². The molecular formula is C27H31N3O8. The third kappa shape index (κ3) is 5.94. The number of methoxy groups -OCH3 is 2. The van der Waals surface area contributed by atoms with Gasteiger partial charge in [0.1, 0.15) is 40.3 Å². The molecule has 38 heavy (non-hydrogen) atoms. The molecule has 1 unspecified atom stereocenters. The molecule has 2 aromatic rings. The van der Waals surface area contributed by atoms with Crippen molar-refractivity contribution in [1.82, 2.24) is 9.38 Å². The van der Waals surface area contributed by atoms with Gasteiger partial charge in [0.15, 0.2) is 0 Å². The van der Waals surface area contributed by atoms with Crippen molar-refractivity contribution in [2.24, 2.45) is 4.99 Å². The Bertz CT molecular complexity index is 1240. The number of esters is 1. The Balaban J connectivity index is 1.79. The third-order valence-electron chi connectivity index (χ3n) is 5.67. The first-order valence-electron chi connectivity index (χ1n) is 11.8. The molecular weight excluding hydrogens is 494 g/mol. The Morgan fingerprint density at radius 3 is 2.13 bits per heavy atom. The zero-order valence-corrected chi connectivity index (χ0v) is 22.2. The summed E-state index contributed by atoms with van der Waals surface area (Å²) in [6, 6.07) is 10.8. The molecule has 0 bridgehead atoms. The quantitative estimate of drug-likeness (QED) is 0.290. The molecule has 11 nitrogen and oxygen atoms in total. The van der Waals surface area contributed by atoms with Gasteiger partial charge in [-0.3, -0.25) is 0 Å². The maximum atomic E-state index is 12.9. The number of carbonyl (C=O) groups excluding carboxylic acids is 3. The molecule has 0 saturated heterocycles. The molecule has 2 amide bonds. The van der Waals surface area contributed by atoms with E-state index in [4.69, 9.17) is 18.9 Å². The highest BCUT2D eigenvalue weighted by Gasteiger charge is 2.41. The Morgan fingerprint density at radius 2 is 1.61 bits per heavy atom. The standard InChI is InChI=1S/C27H31N3O8/c1-27(2,3)38-25(32)29(4)16-14-22-28-15-17-30(22,26(33)34)18-10-12-19(13-11-18)37-24(31)23-20(35-5)8-7-9-21(23)36-6/h7-13,15,17H,14,16H2,1-6H3. The lowest BCUT2D eigenvalue weighted by atomic mass is 10.1. The first-order valence-corrected chi connectivity index (χ1v) is 11.8. The van der Waals surface area contributed by atoms with Crippen molar-refractivity contribution >= 4 is 29.7 Å². The zero-order chi connectivity index (χ0) is 28.1. The van der Waals surface area contributed by atoms with Crippen molar-refractivity contribution < 1.29 is 38.4 Å².